The molecule has 0 amide bonds. The van der Waals surface area contributed by atoms with Crippen molar-refractivity contribution in [2.75, 3.05) is 0 Å². The summed E-state index contributed by atoms with van der Waals surface area (Å²) in [6.45, 7) is 2.18. The fourth-order valence-electron chi connectivity index (χ4n) is 4.97. The highest BCUT2D eigenvalue weighted by Crippen LogP contribution is 2.33. The third kappa shape index (κ3) is 5.40. The maximum Gasteiger partial charge on any atom is 0.308 e. The molecule has 35 heavy (non-hydrogen) atoms. The van der Waals surface area contributed by atoms with Crippen molar-refractivity contribution in [3.63, 3.8) is 0 Å². The molecule has 176 valence electrons. The van der Waals surface area contributed by atoms with Crippen LogP contribution in [0.25, 0.3) is 0 Å². The molecule has 2 aromatic carbocycles. The summed E-state index contributed by atoms with van der Waals surface area (Å²) >= 11 is 0. The summed E-state index contributed by atoms with van der Waals surface area (Å²) in [5.74, 6) is 1.02. The molecule has 4 aromatic rings. The monoisotopic (exact) mass is 463 g/mol. The normalized spacial score (nSPS) is 16.1. The fourth-order valence-corrected chi connectivity index (χ4v) is 4.97. The first-order valence-electron chi connectivity index (χ1n) is 12.1. The number of fused-ring (bicyclic) bond motifs is 1. The lowest BCUT2D eigenvalue weighted by atomic mass is 9.83. The van der Waals surface area contributed by atoms with Gasteiger partial charge in [-0.15, -0.1) is 0 Å². The summed E-state index contributed by atoms with van der Waals surface area (Å²) < 4.78 is 7.39. The molecule has 2 atom stereocenters. The number of benzene rings is 2. The predicted octanol–water partition coefficient (Wildman–Crippen LogP) is 5.74. The Morgan fingerprint density at radius 1 is 1.06 bits per heavy atom. The molecule has 2 heterocycles. The van der Waals surface area contributed by atoms with Gasteiger partial charge < -0.3 is 4.74 Å². The average molecular weight is 464 g/mol. The Bertz CT molecular complexity index is 1270. The van der Waals surface area contributed by atoms with E-state index in [4.69, 9.17) is 4.74 Å². The van der Waals surface area contributed by atoms with Gasteiger partial charge in [0.15, 0.2) is 0 Å². The molecular weight excluding hydrogens is 434 g/mol. The number of allylic oxidation sites excluding steroid dienone is 2. The van der Waals surface area contributed by atoms with Crippen molar-refractivity contribution in [3.05, 3.63) is 125 Å². The zero-order valence-electron chi connectivity index (χ0n) is 19.9. The molecule has 5 rings (SSSR count). The van der Waals surface area contributed by atoms with E-state index in [0.717, 1.165) is 36.9 Å². The van der Waals surface area contributed by atoms with Crippen molar-refractivity contribution in [1.29, 1.82) is 0 Å². The van der Waals surface area contributed by atoms with E-state index in [0.29, 0.717) is 11.7 Å². The smallest absolute Gasteiger partial charge is 0.308 e. The number of hydrogen-bond acceptors (Lipinski definition) is 4. The molecule has 0 radical (unpaired) electrons. The minimum atomic E-state index is -0.267. The number of rotatable bonds is 7. The lowest BCUT2D eigenvalue weighted by Gasteiger charge is -2.24. The van der Waals surface area contributed by atoms with Crippen molar-refractivity contribution in [3.8, 4) is 5.75 Å². The van der Waals surface area contributed by atoms with Gasteiger partial charge in [-0.25, -0.2) is 0 Å². The molecule has 0 saturated heterocycles. The molecule has 0 spiro atoms. The summed E-state index contributed by atoms with van der Waals surface area (Å²) in [6, 6.07) is 20.6. The minimum absolute atomic E-state index is 0.101. The van der Waals surface area contributed by atoms with Crippen LogP contribution in [0.4, 0.5) is 0 Å². The van der Waals surface area contributed by atoms with Crippen molar-refractivity contribution in [1.82, 2.24) is 14.8 Å². The molecule has 0 saturated carbocycles. The van der Waals surface area contributed by atoms with Gasteiger partial charge in [0, 0.05) is 37.0 Å². The largest absolute Gasteiger partial charge is 0.426 e. The molecule has 1 aliphatic carbocycles. The molecule has 0 fully saturated rings. The van der Waals surface area contributed by atoms with Crippen LogP contribution in [0.2, 0.25) is 0 Å². The van der Waals surface area contributed by atoms with Crippen LogP contribution < -0.4 is 4.74 Å². The summed E-state index contributed by atoms with van der Waals surface area (Å²) in [4.78, 5) is 15.7. The van der Waals surface area contributed by atoms with Crippen molar-refractivity contribution >= 4 is 5.97 Å². The first-order valence-corrected chi connectivity index (χ1v) is 12.1. The molecule has 1 aliphatic rings. The highest BCUT2D eigenvalue weighted by molar-refractivity contribution is 5.70. The molecule has 2 unspecified atom stereocenters. The SMILES string of the molecule is CC(=O)Oc1cccc2c1CCC(C=CCn1cc(C(c3ccccc3)c3cccnc3)cn1)C2. The Kier molecular flexibility index (Phi) is 6.85. The Morgan fingerprint density at radius 3 is 2.71 bits per heavy atom. The summed E-state index contributed by atoms with van der Waals surface area (Å²) in [6.07, 6.45) is 15.3. The van der Waals surface area contributed by atoms with Crippen molar-refractivity contribution < 1.29 is 9.53 Å². The standard InChI is InChI=1S/C30H29N3O2/c1-22(34)35-29-13-5-11-25-18-23(14-15-28(25)29)8-7-17-33-21-27(20-32-33)30(24-9-3-2-4-10-24)26-12-6-16-31-19-26/h2-13,16,19-21,23,30H,14-15,17-18H2,1H3. The Labute approximate surface area is 206 Å². The van der Waals surface area contributed by atoms with E-state index in [9.17, 15) is 4.79 Å². The fraction of sp³-hybridized carbons (Fsp3) is 0.233. The van der Waals surface area contributed by atoms with Crippen LogP contribution in [-0.4, -0.2) is 20.7 Å². The minimum Gasteiger partial charge on any atom is -0.426 e. The van der Waals surface area contributed by atoms with Gasteiger partial charge in [-0.05, 0) is 59.6 Å². The van der Waals surface area contributed by atoms with Gasteiger partial charge in [-0.1, -0.05) is 60.7 Å². The number of hydrogen-bond donors (Lipinski definition) is 0. The quantitative estimate of drug-likeness (QED) is 0.199. The Morgan fingerprint density at radius 2 is 1.91 bits per heavy atom. The molecule has 0 bridgehead atoms. The highest BCUT2D eigenvalue weighted by Gasteiger charge is 2.21. The van der Waals surface area contributed by atoms with Gasteiger partial charge in [0.25, 0.3) is 0 Å². The molecule has 2 aromatic heterocycles. The lowest BCUT2D eigenvalue weighted by molar-refractivity contribution is -0.131. The Hall–Kier alpha value is -3.99. The maximum atomic E-state index is 11.4. The Balaban J connectivity index is 1.27. The van der Waals surface area contributed by atoms with Crippen molar-refractivity contribution in [2.45, 2.75) is 38.6 Å². The average Bonchev–Trinajstić information content (AvgIpc) is 3.33. The van der Waals surface area contributed by atoms with Crippen LogP contribution in [0.1, 0.15) is 47.1 Å². The molecule has 0 N–H and O–H groups in total. The molecule has 5 nitrogen and oxygen atoms in total. The maximum absolute atomic E-state index is 11.4. The number of pyridine rings is 1. The number of nitrogens with zero attached hydrogens (tertiary/aromatic N) is 3. The van der Waals surface area contributed by atoms with Crippen LogP contribution in [-0.2, 0) is 24.2 Å². The molecular formula is C30H29N3O2. The van der Waals surface area contributed by atoms with Gasteiger partial charge in [-0.2, -0.15) is 5.10 Å². The van der Waals surface area contributed by atoms with E-state index in [2.05, 4.69) is 64.8 Å². The van der Waals surface area contributed by atoms with E-state index >= 15 is 0 Å². The number of aromatic nitrogens is 3. The number of esters is 1. The van der Waals surface area contributed by atoms with Crippen molar-refractivity contribution in [2.24, 2.45) is 5.92 Å². The zero-order chi connectivity index (χ0) is 24.0. The first-order chi connectivity index (χ1) is 17.2. The second kappa shape index (κ2) is 10.5. The lowest BCUT2D eigenvalue weighted by Crippen LogP contribution is -2.15. The number of ether oxygens (including phenoxy) is 1. The summed E-state index contributed by atoms with van der Waals surface area (Å²) in [7, 11) is 0. The number of carbonyl (C=O) groups is 1. The second-order valence-electron chi connectivity index (χ2n) is 9.04. The summed E-state index contributed by atoms with van der Waals surface area (Å²) in [5.41, 5.74) is 5.98. The topological polar surface area (TPSA) is 57.0 Å². The highest BCUT2D eigenvalue weighted by atomic mass is 16.5. The third-order valence-corrected chi connectivity index (χ3v) is 6.57. The van der Waals surface area contributed by atoms with Gasteiger partial charge >= 0.3 is 5.97 Å². The van der Waals surface area contributed by atoms with E-state index in [1.807, 2.05) is 41.3 Å². The van der Waals surface area contributed by atoms with E-state index in [-0.39, 0.29) is 11.9 Å². The zero-order valence-corrected chi connectivity index (χ0v) is 19.9. The van der Waals surface area contributed by atoms with Gasteiger partial charge in [0.05, 0.1) is 12.7 Å². The van der Waals surface area contributed by atoms with E-state index in [1.165, 1.54) is 23.6 Å². The van der Waals surface area contributed by atoms with Crippen LogP contribution in [0.15, 0.2) is 97.6 Å². The van der Waals surface area contributed by atoms with Gasteiger partial charge in [0.1, 0.15) is 5.75 Å². The van der Waals surface area contributed by atoms with Crippen LogP contribution >= 0.6 is 0 Å². The summed E-state index contributed by atoms with van der Waals surface area (Å²) in [5, 5.41) is 4.64. The number of carbonyl (C=O) groups excluding carboxylic acids is 1. The molecule has 5 heteroatoms. The van der Waals surface area contributed by atoms with E-state index < -0.39 is 0 Å². The molecule has 0 aliphatic heterocycles. The third-order valence-electron chi connectivity index (χ3n) is 6.57. The van der Waals surface area contributed by atoms with Crippen LogP contribution in [0.3, 0.4) is 0 Å². The van der Waals surface area contributed by atoms with Crippen LogP contribution in [0, 0.1) is 5.92 Å². The van der Waals surface area contributed by atoms with Gasteiger partial charge in [-0.3, -0.25) is 14.5 Å². The predicted molar refractivity (Wildman–Crippen MR) is 136 cm³/mol. The second-order valence-corrected chi connectivity index (χ2v) is 9.04. The van der Waals surface area contributed by atoms with Gasteiger partial charge in [0.2, 0.25) is 0 Å². The first kappa shape index (κ1) is 22.8. The van der Waals surface area contributed by atoms with E-state index in [1.54, 1.807) is 6.20 Å². The van der Waals surface area contributed by atoms with Crippen LogP contribution in [0.5, 0.6) is 5.75 Å².